The summed E-state index contributed by atoms with van der Waals surface area (Å²) in [5.41, 5.74) is -1.21. The number of rotatable bonds is 9. The second-order valence-electron chi connectivity index (χ2n) is 5.62. The van der Waals surface area contributed by atoms with Crippen molar-refractivity contribution >= 4 is 33.3 Å². The number of carboxylic acids is 2. The summed E-state index contributed by atoms with van der Waals surface area (Å²) in [6.45, 7) is -0.370. The summed E-state index contributed by atoms with van der Waals surface area (Å²) in [6.07, 6.45) is -0.485. The van der Waals surface area contributed by atoms with Gasteiger partial charge in [0.1, 0.15) is 0 Å². The van der Waals surface area contributed by atoms with Gasteiger partial charge in [-0.3, -0.25) is 19.2 Å². The lowest BCUT2D eigenvalue weighted by molar-refractivity contribution is -0.387. The van der Waals surface area contributed by atoms with E-state index in [1.807, 2.05) is 0 Å². The van der Waals surface area contributed by atoms with Crippen molar-refractivity contribution in [2.24, 2.45) is 0 Å². The zero-order chi connectivity index (χ0) is 20.9. The van der Waals surface area contributed by atoms with Crippen LogP contribution < -0.4 is 4.31 Å². The monoisotopic (exact) mass is 408 g/mol. The van der Waals surface area contributed by atoms with Crippen LogP contribution >= 0.6 is 0 Å². The first-order chi connectivity index (χ1) is 13.2. The fourth-order valence-electron chi connectivity index (χ4n) is 2.56. The highest BCUT2D eigenvalue weighted by Gasteiger charge is 2.33. The van der Waals surface area contributed by atoms with Crippen LogP contribution in [0.5, 0.6) is 0 Å². The van der Waals surface area contributed by atoms with Crippen LogP contribution in [0.15, 0.2) is 53.4 Å². The van der Waals surface area contributed by atoms with Gasteiger partial charge in [-0.15, -0.1) is 0 Å². The maximum absolute atomic E-state index is 13.2. The van der Waals surface area contributed by atoms with Crippen molar-refractivity contribution in [2.75, 3.05) is 10.8 Å². The minimum Gasteiger partial charge on any atom is -0.481 e. The van der Waals surface area contributed by atoms with Gasteiger partial charge in [0.2, 0.25) is 0 Å². The number of carbonyl (C=O) groups is 2. The standard InChI is InChI=1S/C17H16N2O8S/c20-16(21)10-5-11-18(13-7-2-1-6-12(13)17(22)23)28(26,27)15-9-4-3-8-14(15)19(24)25/h1-4,6-9H,5,10-11H2,(H,20,21)(H,22,23). The van der Waals surface area contributed by atoms with Crippen molar-refractivity contribution in [1.29, 1.82) is 0 Å². The molecule has 28 heavy (non-hydrogen) atoms. The summed E-state index contributed by atoms with van der Waals surface area (Å²) >= 11 is 0. The lowest BCUT2D eigenvalue weighted by Crippen LogP contribution is -2.34. The van der Waals surface area contributed by atoms with E-state index in [4.69, 9.17) is 5.11 Å². The third-order valence-electron chi connectivity index (χ3n) is 3.78. The molecule has 2 aromatic rings. The fraction of sp³-hybridized carbons (Fsp3) is 0.176. The predicted octanol–water partition coefficient (Wildman–Crippen LogP) is 2.35. The Balaban J connectivity index is 2.64. The number of nitro groups is 1. The predicted molar refractivity (Wildman–Crippen MR) is 97.9 cm³/mol. The highest BCUT2D eigenvalue weighted by molar-refractivity contribution is 7.93. The molecule has 0 radical (unpaired) electrons. The molecule has 0 fully saturated rings. The summed E-state index contributed by atoms with van der Waals surface area (Å²) in [6, 6.07) is 9.93. The van der Waals surface area contributed by atoms with Crippen LogP contribution in [0.2, 0.25) is 0 Å². The first-order valence-electron chi connectivity index (χ1n) is 7.96. The molecule has 0 bridgehead atoms. The summed E-state index contributed by atoms with van der Waals surface area (Å²) in [5, 5.41) is 29.5. The molecule has 0 aliphatic carbocycles. The number of nitrogens with zero attached hydrogens (tertiary/aromatic N) is 2. The number of sulfonamides is 1. The van der Waals surface area contributed by atoms with Crippen molar-refractivity contribution in [3.05, 3.63) is 64.2 Å². The molecule has 0 aromatic heterocycles. The second-order valence-corrected chi connectivity index (χ2v) is 7.45. The quantitative estimate of drug-likeness (QED) is 0.473. The van der Waals surface area contributed by atoms with Crippen molar-refractivity contribution < 1.29 is 33.1 Å². The zero-order valence-electron chi connectivity index (χ0n) is 14.4. The molecule has 0 atom stereocenters. The first kappa shape index (κ1) is 20.8. The number of para-hydroxylation sites is 2. The number of aromatic carboxylic acids is 1. The molecule has 2 aromatic carbocycles. The molecular weight excluding hydrogens is 392 g/mol. The van der Waals surface area contributed by atoms with Gasteiger partial charge in [-0.2, -0.15) is 0 Å². The number of carboxylic acid groups (broad SMARTS) is 2. The lowest BCUT2D eigenvalue weighted by Gasteiger charge is -2.25. The summed E-state index contributed by atoms with van der Waals surface area (Å²) in [4.78, 5) is 32.1. The topological polar surface area (TPSA) is 155 Å². The third-order valence-corrected chi connectivity index (χ3v) is 5.65. The Kier molecular flexibility index (Phi) is 6.31. The minimum atomic E-state index is -4.55. The number of hydrogen-bond acceptors (Lipinski definition) is 6. The molecule has 2 N–H and O–H groups in total. The van der Waals surface area contributed by atoms with Crippen molar-refractivity contribution in [1.82, 2.24) is 0 Å². The Bertz CT molecular complexity index is 1020. The average molecular weight is 408 g/mol. The number of hydrogen-bond donors (Lipinski definition) is 2. The maximum atomic E-state index is 13.2. The molecule has 0 heterocycles. The van der Waals surface area contributed by atoms with Crippen molar-refractivity contribution in [3.8, 4) is 0 Å². The van der Waals surface area contributed by atoms with Crippen LogP contribution in [0.1, 0.15) is 23.2 Å². The van der Waals surface area contributed by atoms with E-state index in [1.54, 1.807) is 0 Å². The molecule has 0 aliphatic heterocycles. The Morgan fingerprint density at radius 1 is 1.04 bits per heavy atom. The molecule has 0 saturated heterocycles. The van der Waals surface area contributed by atoms with E-state index in [0.29, 0.717) is 4.31 Å². The molecule has 11 heteroatoms. The van der Waals surface area contributed by atoms with E-state index < -0.39 is 37.5 Å². The van der Waals surface area contributed by atoms with Crippen LogP contribution in [-0.2, 0) is 14.8 Å². The van der Waals surface area contributed by atoms with Crippen LogP contribution in [0.25, 0.3) is 0 Å². The molecule has 0 saturated carbocycles. The van der Waals surface area contributed by atoms with E-state index in [0.717, 1.165) is 12.1 Å². The molecular formula is C17H16N2O8S. The molecule has 2 rings (SSSR count). The smallest absolute Gasteiger partial charge is 0.337 e. The minimum absolute atomic E-state index is 0.122. The van der Waals surface area contributed by atoms with Gasteiger partial charge in [-0.05, 0) is 24.6 Å². The Hall–Kier alpha value is -3.47. The van der Waals surface area contributed by atoms with Gasteiger partial charge < -0.3 is 10.2 Å². The van der Waals surface area contributed by atoms with Crippen LogP contribution in [0.3, 0.4) is 0 Å². The SMILES string of the molecule is O=C(O)CCCN(c1ccccc1C(=O)O)S(=O)(=O)c1ccccc1[N+](=O)[O-]. The molecule has 0 unspecified atom stereocenters. The molecule has 10 nitrogen and oxygen atoms in total. The number of benzene rings is 2. The summed E-state index contributed by atoms with van der Waals surface area (Å²) in [5.74, 6) is -2.55. The van der Waals surface area contributed by atoms with Gasteiger partial charge in [0.05, 0.1) is 16.2 Å². The molecule has 0 spiro atoms. The normalized spacial score (nSPS) is 11.0. The Morgan fingerprint density at radius 2 is 1.64 bits per heavy atom. The summed E-state index contributed by atoms with van der Waals surface area (Å²) in [7, 11) is -4.55. The number of nitro benzene ring substituents is 1. The van der Waals surface area contributed by atoms with Crippen LogP contribution in [-0.4, -0.2) is 42.0 Å². The lowest BCUT2D eigenvalue weighted by atomic mass is 10.1. The van der Waals surface area contributed by atoms with Gasteiger partial charge in [-0.1, -0.05) is 24.3 Å². The average Bonchev–Trinajstić information content (AvgIpc) is 2.64. The number of anilines is 1. The summed E-state index contributed by atoms with van der Waals surface area (Å²) < 4.78 is 27.1. The van der Waals surface area contributed by atoms with Gasteiger partial charge in [0, 0.05) is 19.0 Å². The Labute approximate surface area is 159 Å². The van der Waals surface area contributed by atoms with Gasteiger partial charge >= 0.3 is 11.9 Å². The zero-order valence-corrected chi connectivity index (χ0v) is 15.2. The van der Waals surface area contributed by atoms with Gasteiger partial charge in [0.15, 0.2) is 4.90 Å². The first-order valence-corrected chi connectivity index (χ1v) is 9.40. The maximum Gasteiger partial charge on any atom is 0.337 e. The van der Waals surface area contributed by atoms with E-state index in [1.165, 1.54) is 36.4 Å². The molecule has 148 valence electrons. The molecule has 0 amide bonds. The van der Waals surface area contributed by atoms with E-state index in [-0.39, 0.29) is 30.6 Å². The van der Waals surface area contributed by atoms with Crippen molar-refractivity contribution in [2.45, 2.75) is 17.7 Å². The van der Waals surface area contributed by atoms with Gasteiger partial charge in [-0.25, -0.2) is 13.2 Å². The van der Waals surface area contributed by atoms with E-state index >= 15 is 0 Å². The highest BCUT2D eigenvalue weighted by Crippen LogP contribution is 2.32. The van der Waals surface area contributed by atoms with E-state index in [9.17, 15) is 33.2 Å². The largest absolute Gasteiger partial charge is 0.481 e. The second kappa shape index (κ2) is 8.48. The molecule has 0 aliphatic rings. The van der Waals surface area contributed by atoms with Crippen LogP contribution in [0.4, 0.5) is 11.4 Å². The van der Waals surface area contributed by atoms with Crippen molar-refractivity contribution in [3.63, 3.8) is 0 Å². The fourth-order valence-corrected chi connectivity index (χ4v) is 4.24. The van der Waals surface area contributed by atoms with E-state index in [2.05, 4.69) is 0 Å². The van der Waals surface area contributed by atoms with Crippen LogP contribution in [0, 0.1) is 10.1 Å². The highest BCUT2D eigenvalue weighted by atomic mass is 32.2. The number of aliphatic carboxylic acids is 1. The third kappa shape index (κ3) is 4.43. The Morgan fingerprint density at radius 3 is 2.25 bits per heavy atom. The van der Waals surface area contributed by atoms with Gasteiger partial charge in [0.25, 0.3) is 15.7 Å².